The Kier molecular flexibility index (Phi) is 6.04. The molecule has 0 radical (unpaired) electrons. The zero-order valence-electron chi connectivity index (χ0n) is 15.5. The van der Waals surface area contributed by atoms with E-state index >= 15 is 0 Å². The molecule has 1 aliphatic heterocycles. The molecule has 1 aliphatic rings. The number of aromatic nitrogens is 2. The van der Waals surface area contributed by atoms with Crippen molar-refractivity contribution in [3.63, 3.8) is 0 Å². The predicted molar refractivity (Wildman–Crippen MR) is 102 cm³/mol. The standard InChI is InChI=1S/C20H26N4O2/c1-3-4-5-20(25)24-14-12-23(13-15-24)19-11-10-18(21-22-19)16-6-8-17(26-2)9-7-16/h6-11H,3-5,12-15H2,1-2H3. The van der Waals surface area contributed by atoms with Crippen molar-refractivity contribution < 1.29 is 9.53 Å². The maximum atomic E-state index is 12.1. The summed E-state index contributed by atoms with van der Waals surface area (Å²) < 4.78 is 5.18. The second-order valence-electron chi connectivity index (χ2n) is 6.48. The number of ether oxygens (including phenoxy) is 1. The summed E-state index contributed by atoms with van der Waals surface area (Å²) in [4.78, 5) is 16.3. The molecule has 3 rings (SSSR count). The summed E-state index contributed by atoms with van der Waals surface area (Å²) in [7, 11) is 1.65. The lowest BCUT2D eigenvalue weighted by atomic mass is 10.1. The number of carbonyl (C=O) groups excluding carboxylic acids is 1. The van der Waals surface area contributed by atoms with Crippen LogP contribution in [0.3, 0.4) is 0 Å². The molecule has 0 bridgehead atoms. The van der Waals surface area contributed by atoms with Crippen LogP contribution in [0, 0.1) is 0 Å². The highest BCUT2D eigenvalue weighted by Crippen LogP contribution is 2.22. The second-order valence-corrected chi connectivity index (χ2v) is 6.48. The molecule has 2 heterocycles. The van der Waals surface area contributed by atoms with Gasteiger partial charge in [0.2, 0.25) is 5.91 Å². The van der Waals surface area contributed by atoms with Crippen LogP contribution in [-0.4, -0.2) is 54.3 Å². The lowest BCUT2D eigenvalue weighted by Gasteiger charge is -2.35. The Morgan fingerprint density at radius 2 is 1.77 bits per heavy atom. The maximum Gasteiger partial charge on any atom is 0.222 e. The summed E-state index contributed by atoms with van der Waals surface area (Å²) in [6.07, 6.45) is 2.69. The molecule has 0 saturated carbocycles. The minimum Gasteiger partial charge on any atom is -0.497 e. The molecule has 1 fully saturated rings. The van der Waals surface area contributed by atoms with Gasteiger partial charge in [-0.15, -0.1) is 10.2 Å². The van der Waals surface area contributed by atoms with Crippen LogP contribution in [0.1, 0.15) is 26.2 Å². The van der Waals surface area contributed by atoms with Gasteiger partial charge in [0.15, 0.2) is 5.82 Å². The second kappa shape index (κ2) is 8.65. The van der Waals surface area contributed by atoms with Crippen molar-refractivity contribution in [1.82, 2.24) is 15.1 Å². The molecule has 1 aromatic carbocycles. The van der Waals surface area contributed by atoms with Gasteiger partial charge in [-0.1, -0.05) is 13.3 Å². The number of nitrogens with zero attached hydrogens (tertiary/aromatic N) is 4. The molecule has 0 spiro atoms. The Hall–Kier alpha value is -2.63. The number of benzene rings is 1. The highest BCUT2D eigenvalue weighted by atomic mass is 16.5. The van der Waals surface area contributed by atoms with Gasteiger partial charge >= 0.3 is 0 Å². The minimum atomic E-state index is 0.271. The Bertz CT molecular complexity index is 708. The fraction of sp³-hybridized carbons (Fsp3) is 0.450. The SMILES string of the molecule is CCCCC(=O)N1CCN(c2ccc(-c3ccc(OC)cc3)nn2)CC1. The monoisotopic (exact) mass is 354 g/mol. The van der Waals surface area contributed by atoms with Crippen LogP contribution in [0.4, 0.5) is 5.82 Å². The molecular weight excluding hydrogens is 328 g/mol. The van der Waals surface area contributed by atoms with Gasteiger partial charge in [-0.2, -0.15) is 0 Å². The van der Waals surface area contributed by atoms with Crippen molar-refractivity contribution in [2.24, 2.45) is 0 Å². The Balaban J connectivity index is 1.58. The van der Waals surface area contributed by atoms with E-state index in [4.69, 9.17) is 4.74 Å². The van der Waals surface area contributed by atoms with Crippen LogP contribution in [0.15, 0.2) is 36.4 Å². The molecular formula is C20H26N4O2. The molecule has 0 aliphatic carbocycles. The Labute approximate surface area is 154 Å². The molecule has 138 valence electrons. The van der Waals surface area contributed by atoms with Crippen molar-refractivity contribution in [1.29, 1.82) is 0 Å². The highest BCUT2D eigenvalue weighted by Gasteiger charge is 2.21. The van der Waals surface area contributed by atoms with E-state index in [1.165, 1.54) is 0 Å². The average molecular weight is 354 g/mol. The first-order valence-electron chi connectivity index (χ1n) is 9.22. The van der Waals surface area contributed by atoms with E-state index in [1.807, 2.05) is 41.3 Å². The molecule has 0 N–H and O–H groups in total. The quantitative estimate of drug-likeness (QED) is 0.798. The molecule has 1 saturated heterocycles. The predicted octanol–water partition coefficient (Wildman–Crippen LogP) is 2.99. The molecule has 0 atom stereocenters. The lowest BCUT2D eigenvalue weighted by Crippen LogP contribution is -2.49. The molecule has 1 amide bonds. The number of piperazine rings is 1. The van der Waals surface area contributed by atoms with Crippen molar-refractivity contribution in [2.75, 3.05) is 38.2 Å². The fourth-order valence-electron chi connectivity index (χ4n) is 3.08. The first kappa shape index (κ1) is 18.2. The van der Waals surface area contributed by atoms with E-state index in [2.05, 4.69) is 22.0 Å². The third-order valence-electron chi connectivity index (χ3n) is 4.74. The van der Waals surface area contributed by atoms with Crippen molar-refractivity contribution in [2.45, 2.75) is 26.2 Å². The van der Waals surface area contributed by atoms with Gasteiger partial charge in [-0.3, -0.25) is 4.79 Å². The first-order chi connectivity index (χ1) is 12.7. The number of hydrogen-bond acceptors (Lipinski definition) is 5. The molecule has 2 aromatic rings. The van der Waals surface area contributed by atoms with Gasteiger partial charge < -0.3 is 14.5 Å². The van der Waals surface area contributed by atoms with Gasteiger partial charge in [0.05, 0.1) is 12.8 Å². The number of anilines is 1. The van der Waals surface area contributed by atoms with Crippen LogP contribution < -0.4 is 9.64 Å². The van der Waals surface area contributed by atoms with E-state index in [0.717, 1.165) is 61.8 Å². The highest BCUT2D eigenvalue weighted by molar-refractivity contribution is 5.76. The van der Waals surface area contributed by atoms with Crippen molar-refractivity contribution in [3.05, 3.63) is 36.4 Å². The lowest BCUT2D eigenvalue weighted by molar-refractivity contribution is -0.131. The smallest absolute Gasteiger partial charge is 0.222 e. The third kappa shape index (κ3) is 4.31. The van der Waals surface area contributed by atoms with E-state index in [9.17, 15) is 4.79 Å². The third-order valence-corrected chi connectivity index (χ3v) is 4.74. The first-order valence-corrected chi connectivity index (χ1v) is 9.22. The summed E-state index contributed by atoms with van der Waals surface area (Å²) in [5, 5.41) is 8.74. The average Bonchev–Trinajstić information content (AvgIpc) is 2.72. The number of amides is 1. The van der Waals surface area contributed by atoms with E-state index < -0.39 is 0 Å². The van der Waals surface area contributed by atoms with Crippen LogP contribution in [0.25, 0.3) is 11.3 Å². The normalized spacial score (nSPS) is 14.4. The van der Waals surface area contributed by atoms with Gasteiger partial charge in [0.1, 0.15) is 5.75 Å². The van der Waals surface area contributed by atoms with Gasteiger partial charge in [-0.25, -0.2) is 0 Å². The largest absolute Gasteiger partial charge is 0.497 e. The van der Waals surface area contributed by atoms with Crippen molar-refractivity contribution >= 4 is 11.7 Å². The summed E-state index contributed by atoms with van der Waals surface area (Å²) in [5.41, 5.74) is 1.85. The zero-order valence-corrected chi connectivity index (χ0v) is 15.5. The minimum absolute atomic E-state index is 0.271. The number of hydrogen-bond donors (Lipinski definition) is 0. The van der Waals surface area contributed by atoms with E-state index in [0.29, 0.717) is 6.42 Å². The maximum absolute atomic E-state index is 12.1. The van der Waals surface area contributed by atoms with Gasteiger partial charge in [0.25, 0.3) is 0 Å². The topological polar surface area (TPSA) is 58.6 Å². The summed E-state index contributed by atoms with van der Waals surface area (Å²) in [6, 6.07) is 11.8. The molecule has 6 heteroatoms. The van der Waals surface area contributed by atoms with Crippen LogP contribution in [-0.2, 0) is 4.79 Å². The Morgan fingerprint density at radius 3 is 2.35 bits per heavy atom. The molecule has 26 heavy (non-hydrogen) atoms. The van der Waals surface area contributed by atoms with Crippen molar-refractivity contribution in [3.8, 4) is 17.0 Å². The van der Waals surface area contributed by atoms with Crippen LogP contribution >= 0.6 is 0 Å². The Morgan fingerprint density at radius 1 is 1.04 bits per heavy atom. The van der Waals surface area contributed by atoms with Crippen LogP contribution in [0.2, 0.25) is 0 Å². The van der Waals surface area contributed by atoms with Gasteiger partial charge in [-0.05, 0) is 42.8 Å². The van der Waals surface area contributed by atoms with Gasteiger partial charge in [0, 0.05) is 38.2 Å². The van der Waals surface area contributed by atoms with Crippen LogP contribution in [0.5, 0.6) is 5.75 Å². The fourth-order valence-corrected chi connectivity index (χ4v) is 3.08. The van der Waals surface area contributed by atoms with E-state index in [-0.39, 0.29) is 5.91 Å². The summed E-state index contributed by atoms with van der Waals surface area (Å²) >= 11 is 0. The number of rotatable bonds is 6. The summed E-state index contributed by atoms with van der Waals surface area (Å²) in [6.45, 7) is 5.22. The number of carbonyl (C=O) groups is 1. The zero-order chi connectivity index (χ0) is 18.4. The molecule has 1 aromatic heterocycles. The summed E-state index contributed by atoms with van der Waals surface area (Å²) in [5.74, 6) is 1.96. The van der Waals surface area contributed by atoms with E-state index in [1.54, 1.807) is 7.11 Å². The number of unbranched alkanes of at least 4 members (excludes halogenated alkanes) is 1. The molecule has 6 nitrogen and oxygen atoms in total. The number of methoxy groups -OCH3 is 1. The molecule has 0 unspecified atom stereocenters.